The summed E-state index contributed by atoms with van der Waals surface area (Å²) in [5.74, 6) is 1.74. The van der Waals surface area contributed by atoms with Gasteiger partial charge in [-0.1, -0.05) is 17.7 Å². The molecule has 5 heterocycles. The van der Waals surface area contributed by atoms with Crippen molar-refractivity contribution in [3.63, 3.8) is 0 Å². The minimum Gasteiger partial charge on any atom is -0.320 e. The van der Waals surface area contributed by atoms with Gasteiger partial charge in [-0.3, -0.25) is 0 Å². The minimum absolute atomic E-state index is 0.335. The summed E-state index contributed by atoms with van der Waals surface area (Å²) in [5.41, 5.74) is 4.08. The Morgan fingerprint density at radius 3 is 2.76 bits per heavy atom. The predicted octanol–water partition coefficient (Wildman–Crippen LogP) is 6.05. The van der Waals surface area contributed by atoms with Crippen molar-refractivity contribution in [3.8, 4) is 10.6 Å². The van der Waals surface area contributed by atoms with Crippen LogP contribution in [0.3, 0.4) is 0 Å². The van der Waals surface area contributed by atoms with Crippen LogP contribution in [0.4, 0.5) is 11.8 Å². The topological polar surface area (TPSA) is 71.8 Å². The first kappa shape index (κ1) is 22.3. The van der Waals surface area contributed by atoms with Gasteiger partial charge in [0.15, 0.2) is 0 Å². The lowest BCUT2D eigenvalue weighted by molar-refractivity contribution is 0.250. The summed E-state index contributed by atoms with van der Waals surface area (Å²) in [7, 11) is 2.18. The minimum atomic E-state index is 0.335. The number of aromatic nitrogens is 5. The summed E-state index contributed by atoms with van der Waals surface area (Å²) in [6, 6.07) is 4.49. The number of halogens is 1. The number of aryl methyl sites for hydroxylation is 1. The van der Waals surface area contributed by atoms with Gasteiger partial charge >= 0.3 is 0 Å². The molecule has 5 rings (SSSR count). The molecule has 1 N–H and O–H groups in total. The lowest BCUT2D eigenvalue weighted by atomic mass is 9.92. The van der Waals surface area contributed by atoms with Gasteiger partial charge in [0.1, 0.15) is 21.9 Å². The van der Waals surface area contributed by atoms with Crippen LogP contribution in [0, 0.1) is 6.92 Å². The van der Waals surface area contributed by atoms with E-state index in [2.05, 4.69) is 63.6 Å². The SMILES string of the molecule is Cc1c(-c2nc(Nc3ccc(C4CCCN(C)C4)cn3)ncc2Cl)sc2c1ncn2C(C)C. The third-order valence-corrected chi connectivity index (χ3v) is 7.86. The van der Waals surface area contributed by atoms with Crippen LogP contribution in [0.15, 0.2) is 30.9 Å². The van der Waals surface area contributed by atoms with Crippen molar-refractivity contribution >= 4 is 45.1 Å². The lowest BCUT2D eigenvalue weighted by Crippen LogP contribution is -2.30. The molecule has 1 aliphatic heterocycles. The predicted molar refractivity (Wildman–Crippen MR) is 136 cm³/mol. The molecule has 1 aliphatic rings. The smallest absolute Gasteiger partial charge is 0.229 e. The van der Waals surface area contributed by atoms with Crippen LogP contribution in [0.2, 0.25) is 5.02 Å². The van der Waals surface area contributed by atoms with Crippen LogP contribution in [0.25, 0.3) is 20.9 Å². The maximum Gasteiger partial charge on any atom is 0.229 e. The number of hydrogen-bond donors (Lipinski definition) is 1. The van der Waals surface area contributed by atoms with Gasteiger partial charge in [0.25, 0.3) is 0 Å². The second kappa shape index (κ2) is 9.00. The summed E-state index contributed by atoms with van der Waals surface area (Å²) in [4.78, 5) is 22.9. The first-order valence-electron chi connectivity index (χ1n) is 11.3. The number of imidazole rings is 1. The molecule has 0 saturated carbocycles. The molecular formula is C24H28ClN7S. The first-order chi connectivity index (χ1) is 15.9. The van der Waals surface area contributed by atoms with Crippen LogP contribution in [-0.2, 0) is 0 Å². The highest BCUT2D eigenvalue weighted by atomic mass is 35.5. The van der Waals surface area contributed by atoms with E-state index in [1.807, 2.05) is 18.6 Å². The highest BCUT2D eigenvalue weighted by Gasteiger charge is 2.21. The van der Waals surface area contributed by atoms with Crippen molar-refractivity contribution in [2.75, 3.05) is 25.5 Å². The van der Waals surface area contributed by atoms with Gasteiger partial charge in [-0.25, -0.2) is 19.9 Å². The Morgan fingerprint density at radius 1 is 1.18 bits per heavy atom. The highest BCUT2D eigenvalue weighted by Crippen LogP contribution is 2.40. The van der Waals surface area contributed by atoms with E-state index < -0.39 is 0 Å². The highest BCUT2D eigenvalue weighted by molar-refractivity contribution is 7.22. The number of rotatable bonds is 5. The van der Waals surface area contributed by atoms with E-state index in [1.165, 1.54) is 24.9 Å². The molecule has 4 aromatic heterocycles. The molecule has 0 radical (unpaired) electrons. The zero-order valence-electron chi connectivity index (χ0n) is 19.3. The number of hydrogen-bond acceptors (Lipinski definition) is 7. The molecule has 7 nitrogen and oxygen atoms in total. The Labute approximate surface area is 202 Å². The lowest BCUT2D eigenvalue weighted by Gasteiger charge is -2.29. The summed E-state index contributed by atoms with van der Waals surface area (Å²) in [6.45, 7) is 8.63. The van der Waals surface area contributed by atoms with Crippen molar-refractivity contribution in [1.29, 1.82) is 0 Å². The zero-order valence-corrected chi connectivity index (χ0v) is 20.9. The van der Waals surface area contributed by atoms with Gasteiger partial charge in [0.2, 0.25) is 5.95 Å². The van der Waals surface area contributed by atoms with Gasteiger partial charge in [0.05, 0.1) is 22.4 Å². The van der Waals surface area contributed by atoms with Gasteiger partial charge in [-0.15, -0.1) is 11.3 Å². The Morgan fingerprint density at radius 2 is 2.03 bits per heavy atom. The maximum absolute atomic E-state index is 6.53. The maximum atomic E-state index is 6.53. The van der Waals surface area contributed by atoms with Gasteiger partial charge in [-0.05, 0) is 70.3 Å². The van der Waals surface area contributed by atoms with Gasteiger partial charge in [-0.2, -0.15) is 0 Å². The van der Waals surface area contributed by atoms with Crippen LogP contribution >= 0.6 is 22.9 Å². The van der Waals surface area contributed by atoms with Crippen molar-refractivity contribution in [2.45, 2.75) is 45.6 Å². The molecule has 4 aromatic rings. The van der Waals surface area contributed by atoms with Gasteiger partial charge in [0, 0.05) is 18.8 Å². The molecular weight excluding hydrogens is 454 g/mol. The molecule has 33 heavy (non-hydrogen) atoms. The fourth-order valence-electron chi connectivity index (χ4n) is 4.44. The monoisotopic (exact) mass is 481 g/mol. The third-order valence-electron chi connectivity index (χ3n) is 6.28. The largest absolute Gasteiger partial charge is 0.320 e. The standard InChI is InChI=1S/C24H28ClN7S/c1-14(2)32-13-28-20-15(3)22(33-23(20)32)21-18(25)11-27-24(30-21)29-19-8-7-16(10-26-19)17-6-5-9-31(4)12-17/h7-8,10-11,13-14,17H,5-6,9,12H2,1-4H3,(H,26,27,29,30). The average Bonchev–Trinajstić information content (AvgIpc) is 3.36. The molecule has 0 amide bonds. The van der Waals surface area contributed by atoms with E-state index in [-0.39, 0.29) is 0 Å². The van der Waals surface area contributed by atoms with Crippen LogP contribution in [-0.4, -0.2) is 49.5 Å². The Hall–Kier alpha value is -2.55. The number of fused-ring (bicyclic) bond motifs is 1. The molecule has 1 unspecified atom stereocenters. The number of likely N-dealkylation sites (tertiary alicyclic amines) is 1. The third kappa shape index (κ3) is 4.35. The Balaban J connectivity index is 1.40. The van der Waals surface area contributed by atoms with Crippen molar-refractivity contribution in [3.05, 3.63) is 47.0 Å². The fraction of sp³-hybridized carbons (Fsp3) is 0.417. The molecule has 0 aliphatic carbocycles. The normalized spacial score (nSPS) is 17.2. The summed E-state index contributed by atoms with van der Waals surface area (Å²) >= 11 is 8.19. The van der Waals surface area contributed by atoms with E-state index in [1.54, 1.807) is 17.5 Å². The number of nitrogens with one attached hydrogen (secondary N) is 1. The first-order valence-corrected chi connectivity index (χ1v) is 12.5. The van der Waals surface area contributed by atoms with Gasteiger partial charge < -0.3 is 14.8 Å². The Bertz CT molecular complexity index is 1280. The number of nitrogens with zero attached hydrogens (tertiary/aromatic N) is 6. The quantitative estimate of drug-likeness (QED) is 0.374. The molecule has 0 spiro atoms. The zero-order chi connectivity index (χ0) is 23.1. The number of likely N-dealkylation sites (N-methyl/N-ethyl adjacent to an activating group) is 1. The average molecular weight is 482 g/mol. The molecule has 1 fully saturated rings. The molecule has 1 atom stereocenters. The van der Waals surface area contributed by atoms with Crippen LogP contribution < -0.4 is 5.32 Å². The second-order valence-corrected chi connectivity index (χ2v) is 10.5. The van der Waals surface area contributed by atoms with E-state index >= 15 is 0 Å². The van der Waals surface area contributed by atoms with E-state index in [4.69, 9.17) is 16.6 Å². The van der Waals surface area contributed by atoms with E-state index in [9.17, 15) is 0 Å². The molecule has 1 saturated heterocycles. The van der Waals surface area contributed by atoms with Crippen molar-refractivity contribution < 1.29 is 0 Å². The number of thiophene rings is 1. The molecule has 0 bridgehead atoms. The fourth-order valence-corrected chi connectivity index (χ4v) is 6.05. The Kier molecular flexibility index (Phi) is 6.07. The number of piperidine rings is 1. The summed E-state index contributed by atoms with van der Waals surface area (Å²) in [6.07, 6.45) is 7.96. The van der Waals surface area contributed by atoms with Crippen molar-refractivity contribution in [1.82, 2.24) is 29.4 Å². The summed E-state index contributed by atoms with van der Waals surface area (Å²) in [5, 5.41) is 3.76. The molecule has 9 heteroatoms. The number of pyridine rings is 1. The van der Waals surface area contributed by atoms with E-state index in [0.29, 0.717) is 28.6 Å². The van der Waals surface area contributed by atoms with Crippen LogP contribution in [0.5, 0.6) is 0 Å². The second-order valence-electron chi connectivity index (χ2n) is 9.05. The van der Waals surface area contributed by atoms with Crippen LogP contribution in [0.1, 0.15) is 49.8 Å². The number of anilines is 2. The summed E-state index contributed by atoms with van der Waals surface area (Å²) < 4.78 is 2.18. The van der Waals surface area contributed by atoms with Crippen molar-refractivity contribution in [2.24, 2.45) is 0 Å². The molecule has 172 valence electrons. The van der Waals surface area contributed by atoms with E-state index in [0.717, 1.165) is 33.2 Å². The molecule has 0 aromatic carbocycles.